The standard InChI is InChI=1S/C13H11BrN4/c14-12-4-2-1-3-10(12)11-6-16-8-18-7-9(5-15)17-13(11)18/h1-4,6-8H,5,15H2. The van der Waals surface area contributed by atoms with Gasteiger partial charge in [-0.15, -0.1) is 0 Å². The summed E-state index contributed by atoms with van der Waals surface area (Å²) in [6.45, 7) is 0.428. The van der Waals surface area contributed by atoms with Crippen LogP contribution in [0.5, 0.6) is 0 Å². The average Bonchev–Trinajstić information content (AvgIpc) is 2.82. The van der Waals surface area contributed by atoms with Crippen molar-refractivity contribution in [2.75, 3.05) is 0 Å². The van der Waals surface area contributed by atoms with Crippen LogP contribution in [-0.4, -0.2) is 14.4 Å². The molecule has 0 atom stereocenters. The summed E-state index contributed by atoms with van der Waals surface area (Å²) in [4.78, 5) is 8.77. The van der Waals surface area contributed by atoms with Crippen LogP contribution in [-0.2, 0) is 6.54 Å². The number of imidazole rings is 1. The SMILES string of the molecule is NCc1cn2cncc(-c3ccccc3Br)c2n1. The molecular formula is C13H11BrN4. The monoisotopic (exact) mass is 302 g/mol. The molecule has 1 aromatic carbocycles. The molecule has 0 aliphatic carbocycles. The predicted molar refractivity (Wildman–Crippen MR) is 74.0 cm³/mol. The average molecular weight is 303 g/mol. The van der Waals surface area contributed by atoms with Gasteiger partial charge >= 0.3 is 0 Å². The fourth-order valence-corrected chi connectivity index (χ4v) is 2.44. The molecule has 0 saturated heterocycles. The van der Waals surface area contributed by atoms with Gasteiger partial charge in [-0.2, -0.15) is 0 Å². The van der Waals surface area contributed by atoms with Crippen LogP contribution in [0.1, 0.15) is 5.69 Å². The zero-order valence-corrected chi connectivity index (χ0v) is 11.1. The molecular weight excluding hydrogens is 292 g/mol. The fraction of sp³-hybridized carbons (Fsp3) is 0.0769. The molecule has 0 radical (unpaired) electrons. The van der Waals surface area contributed by atoms with Crippen molar-refractivity contribution in [1.82, 2.24) is 14.4 Å². The van der Waals surface area contributed by atoms with E-state index in [1.165, 1.54) is 0 Å². The molecule has 3 aromatic rings. The highest BCUT2D eigenvalue weighted by Crippen LogP contribution is 2.29. The first-order valence-electron chi connectivity index (χ1n) is 5.56. The Morgan fingerprint density at radius 3 is 2.83 bits per heavy atom. The Morgan fingerprint density at radius 1 is 1.22 bits per heavy atom. The molecule has 0 saturated carbocycles. The Kier molecular flexibility index (Phi) is 2.85. The Hall–Kier alpha value is -1.72. The first kappa shape index (κ1) is 11.4. The van der Waals surface area contributed by atoms with E-state index in [1.807, 2.05) is 41.1 Å². The van der Waals surface area contributed by atoms with E-state index in [9.17, 15) is 0 Å². The second-order valence-corrected chi connectivity index (χ2v) is 4.81. The van der Waals surface area contributed by atoms with Crippen LogP contribution in [0.4, 0.5) is 0 Å². The minimum Gasteiger partial charge on any atom is -0.325 e. The number of hydrogen-bond acceptors (Lipinski definition) is 3. The molecule has 2 heterocycles. The van der Waals surface area contributed by atoms with Gasteiger partial charge in [0, 0.05) is 34.5 Å². The van der Waals surface area contributed by atoms with Crippen molar-refractivity contribution in [1.29, 1.82) is 0 Å². The molecule has 2 aromatic heterocycles. The van der Waals surface area contributed by atoms with Crippen LogP contribution in [0, 0.1) is 0 Å². The van der Waals surface area contributed by atoms with Crippen LogP contribution in [0.2, 0.25) is 0 Å². The third-order valence-electron chi connectivity index (χ3n) is 2.79. The number of fused-ring (bicyclic) bond motifs is 1. The Morgan fingerprint density at radius 2 is 2.06 bits per heavy atom. The number of nitrogens with zero attached hydrogens (tertiary/aromatic N) is 3. The molecule has 0 unspecified atom stereocenters. The maximum atomic E-state index is 5.63. The zero-order valence-electron chi connectivity index (χ0n) is 9.55. The zero-order chi connectivity index (χ0) is 12.5. The van der Waals surface area contributed by atoms with Gasteiger partial charge < -0.3 is 5.73 Å². The molecule has 5 heteroatoms. The Balaban J connectivity index is 2.29. The summed E-state index contributed by atoms with van der Waals surface area (Å²) in [5.74, 6) is 0. The summed E-state index contributed by atoms with van der Waals surface area (Å²) in [6, 6.07) is 8.03. The summed E-state index contributed by atoms with van der Waals surface area (Å²) in [5, 5.41) is 0. The number of nitrogens with two attached hydrogens (primary N) is 1. The van der Waals surface area contributed by atoms with Gasteiger partial charge in [0.15, 0.2) is 0 Å². The van der Waals surface area contributed by atoms with E-state index in [-0.39, 0.29) is 0 Å². The molecule has 0 aliphatic heterocycles. The molecule has 0 bridgehead atoms. The third kappa shape index (κ3) is 1.81. The lowest BCUT2D eigenvalue weighted by Crippen LogP contribution is -1.95. The van der Waals surface area contributed by atoms with E-state index in [1.54, 1.807) is 6.33 Å². The molecule has 2 N–H and O–H groups in total. The maximum absolute atomic E-state index is 5.63. The van der Waals surface area contributed by atoms with Gasteiger partial charge in [-0.05, 0) is 6.07 Å². The second-order valence-electron chi connectivity index (χ2n) is 3.95. The number of halogens is 1. The van der Waals surface area contributed by atoms with Crippen LogP contribution in [0.15, 0.2) is 47.5 Å². The Bertz CT molecular complexity index is 705. The van der Waals surface area contributed by atoms with E-state index < -0.39 is 0 Å². The highest BCUT2D eigenvalue weighted by Gasteiger charge is 2.10. The fourth-order valence-electron chi connectivity index (χ4n) is 1.94. The largest absolute Gasteiger partial charge is 0.325 e. The molecule has 0 aliphatic rings. The highest BCUT2D eigenvalue weighted by molar-refractivity contribution is 9.10. The van der Waals surface area contributed by atoms with Crippen molar-refractivity contribution in [3.05, 3.63) is 53.2 Å². The van der Waals surface area contributed by atoms with Gasteiger partial charge in [-0.1, -0.05) is 34.1 Å². The predicted octanol–water partition coefficient (Wildman–Crippen LogP) is 2.62. The molecule has 0 fully saturated rings. The number of hydrogen-bond donors (Lipinski definition) is 1. The van der Waals surface area contributed by atoms with Gasteiger partial charge in [0.1, 0.15) is 12.0 Å². The van der Waals surface area contributed by atoms with E-state index in [0.717, 1.165) is 26.9 Å². The lowest BCUT2D eigenvalue weighted by atomic mass is 10.1. The summed E-state index contributed by atoms with van der Waals surface area (Å²) < 4.78 is 2.92. The minimum absolute atomic E-state index is 0.428. The van der Waals surface area contributed by atoms with E-state index >= 15 is 0 Å². The van der Waals surface area contributed by atoms with Crippen LogP contribution in [0.3, 0.4) is 0 Å². The van der Waals surface area contributed by atoms with Gasteiger partial charge in [0.2, 0.25) is 0 Å². The highest BCUT2D eigenvalue weighted by atomic mass is 79.9. The summed E-state index contributed by atoms with van der Waals surface area (Å²) >= 11 is 3.55. The molecule has 0 amide bonds. The lowest BCUT2D eigenvalue weighted by Gasteiger charge is -2.05. The molecule has 4 nitrogen and oxygen atoms in total. The van der Waals surface area contributed by atoms with E-state index in [4.69, 9.17) is 5.73 Å². The van der Waals surface area contributed by atoms with Crippen molar-refractivity contribution >= 4 is 21.6 Å². The quantitative estimate of drug-likeness (QED) is 0.792. The van der Waals surface area contributed by atoms with Crippen LogP contribution < -0.4 is 5.73 Å². The summed E-state index contributed by atoms with van der Waals surface area (Å²) in [7, 11) is 0. The lowest BCUT2D eigenvalue weighted by molar-refractivity contribution is 1.01. The first-order chi connectivity index (χ1) is 8.79. The number of aromatic nitrogens is 3. The molecule has 3 rings (SSSR count). The third-order valence-corrected chi connectivity index (χ3v) is 3.48. The maximum Gasteiger partial charge on any atom is 0.147 e. The summed E-state index contributed by atoms with van der Waals surface area (Å²) in [6.07, 6.45) is 5.47. The van der Waals surface area contributed by atoms with Crippen molar-refractivity contribution < 1.29 is 0 Å². The van der Waals surface area contributed by atoms with Gasteiger partial charge in [-0.25, -0.2) is 9.97 Å². The van der Waals surface area contributed by atoms with Crippen LogP contribution in [0.25, 0.3) is 16.8 Å². The van der Waals surface area contributed by atoms with Gasteiger partial charge in [0.05, 0.1) is 5.69 Å². The first-order valence-corrected chi connectivity index (χ1v) is 6.35. The summed E-state index contributed by atoms with van der Waals surface area (Å²) in [5.41, 5.74) is 9.42. The topological polar surface area (TPSA) is 56.2 Å². The Labute approximate surface area is 113 Å². The van der Waals surface area contributed by atoms with Gasteiger partial charge in [0.25, 0.3) is 0 Å². The minimum atomic E-state index is 0.428. The van der Waals surface area contributed by atoms with Gasteiger partial charge in [-0.3, -0.25) is 4.40 Å². The van der Waals surface area contributed by atoms with Crippen molar-refractivity contribution in [2.24, 2.45) is 5.73 Å². The smallest absolute Gasteiger partial charge is 0.147 e. The van der Waals surface area contributed by atoms with E-state index in [2.05, 4.69) is 25.9 Å². The molecule has 90 valence electrons. The second kappa shape index (κ2) is 4.51. The van der Waals surface area contributed by atoms with Crippen molar-refractivity contribution in [3.63, 3.8) is 0 Å². The van der Waals surface area contributed by atoms with Crippen molar-refractivity contribution in [2.45, 2.75) is 6.54 Å². The van der Waals surface area contributed by atoms with E-state index in [0.29, 0.717) is 6.54 Å². The van der Waals surface area contributed by atoms with Crippen LogP contribution >= 0.6 is 15.9 Å². The normalized spacial score (nSPS) is 11.0. The number of benzene rings is 1. The van der Waals surface area contributed by atoms with Crippen molar-refractivity contribution in [3.8, 4) is 11.1 Å². The molecule has 18 heavy (non-hydrogen) atoms. The molecule has 0 spiro atoms. The number of rotatable bonds is 2.